The van der Waals surface area contributed by atoms with Gasteiger partial charge in [-0.05, 0) is 44.8 Å². The Morgan fingerprint density at radius 1 is 1.25 bits per heavy atom. The molecule has 0 radical (unpaired) electrons. The first kappa shape index (κ1) is 14.0. The quantitative estimate of drug-likeness (QED) is 0.858. The number of nitrogens with one attached hydrogen (secondary N) is 2. The molecule has 0 bridgehead atoms. The number of aromatic nitrogens is 2. The van der Waals surface area contributed by atoms with Crippen LogP contribution in [0.5, 0.6) is 0 Å². The van der Waals surface area contributed by atoms with Crippen molar-refractivity contribution in [2.24, 2.45) is 0 Å². The summed E-state index contributed by atoms with van der Waals surface area (Å²) in [5.41, 5.74) is 1.46. The van der Waals surface area contributed by atoms with Crippen molar-refractivity contribution in [1.29, 1.82) is 0 Å². The van der Waals surface area contributed by atoms with E-state index in [-0.39, 0.29) is 0 Å². The topological polar surface area (TPSA) is 53.2 Å². The van der Waals surface area contributed by atoms with Gasteiger partial charge in [-0.1, -0.05) is 6.42 Å². The van der Waals surface area contributed by atoms with Gasteiger partial charge in [-0.15, -0.1) is 0 Å². The van der Waals surface area contributed by atoms with Crippen LogP contribution in [-0.2, 0) is 11.3 Å². The van der Waals surface area contributed by atoms with Crippen molar-refractivity contribution < 1.29 is 4.74 Å². The van der Waals surface area contributed by atoms with Crippen LogP contribution in [-0.4, -0.2) is 53.5 Å². The minimum atomic E-state index is 0.304. The van der Waals surface area contributed by atoms with Crippen LogP contribution < -0.4 is 5.32 Å². The van der Waals surface area contributed by atoms with Gasteiger partial charge in [-0.2, -0.15) is 5.10 Å². The van der Waals surface area contributed by atoms with Crippen molar-refractivity contribution in [3.8, 4) is 0 Å². The highest BCUT2D eigenvalue weighted by Crippen LogP contribution is 2.30. The standard InChI is InChI=1S/C15H26N4O/c1-2-8-19(9-3-1)15(5-10-20-11-6-15)13-16-12-14-4-7-17-18-14/h4,7,16H,1-3,5-6,8-13H2,(H,17,18). The van der Waals surface area contributed by atoms with Crippen molar-refractivity contribution in [3.63, 3.8) is 0 Å². The fraction of sp³-hybridized carbons (Fsp3) is 0.800. The summed E-state index contributed by atoms with van der Waals surface area (Å²) in [5.74, 6) is 0. The molecule has 2 aliphatic rings. The fourth-order valence-electron chi connectivity index (χ4n) is 3.54. The van der Waals surface area contributed by atoms with Crippen molar-refractivity contribution in [2.45, 2.75) is 44.2 Å². The Labute approximate surface area is 121 Å². The summed E-state index contributed by atoms with van der Waals surface area (Å²) < 4.78 is 5.60. The van der Waals surface area contributed by atoms with Gasteiger partial charge in [0.2, 0.25) is 0 Å². The number of aromatic amines is 1. The number of hydrogen-bond acceptors (Lipinski definition) is 4. The molecule has 1 aromatic heterocycles. The van der Waals surface area contributed by atoms with Crippen LogP contribution in [0.15, 0.2) is 12.3 Å². The number of piperidine rings is 1. The maximum absolute atomic E-state index is 5.60. The predicted molar refractivity (Wildman–Crippen MR) is 78.5 cm³/mol. The van der Waals surface area contributed by atoms with Crippen LogP contribution in [0.1, 0.15) is 37.8 Å². The lowest BCUT2D eigenvalue weighted by molar-refractivity contribution is -0.0358. The molecule has 0 aromatic carbocycles. The van der Waals surface area contributed by atoms with E-state index in [0.717, 1.165) is 44.8 Å². The third-order valence-electron chi connectivity index (χ3n) is 4.78. The Balaban J connectivity index is 1.59. The van der Waals surface area contributed by atoms with Gasteiger partial charge in [0.1, 0.15) is 0 Å². The van der Waals surface area contributed by atoms with E-state index in [1.165, 1.54) is 32.4 Å². The number of H-pyrrole nitrogens is 1. The first-order valence-corrected chi connectivity index (χ1v) is 7.91. The average molecular weight is 278 g/mol. The van der Waals surface area contributed by atoms with E-state index in [1.807, 2.05) is 12.3 Å². The molecule has 0 saturated carbocycles. The number of ether oxygens (including phenoxy) is 1. The molecule has 2 fully saturated rings. The van der Waals surface area contributed by atoms with Gasteiger partial charge in [-0.25, -0.2) is 0 Å². The largest absolute Gasteiger partial charge is 0.381 e. The van der Waals surface area contributed by atoms with Gasteiger partial charge in [0, 0.05) is 43.7 Å². The summed E-state index contributed by atoms with van der Waals surface area (Å²) in [6, 6.07) is 2.03. The maximum atomic E-state index is 5.60. The third-order valence-corrected chi connectivity index (χ3v) is 4.78. The molecule has 2 N–H and O–H groups in total. The Kier molecular flexibility index (Phi) is 4.70. The molecule has 2 saturated heterocycles. The molecule has 3 rings (SSSR count). The molecular weight excluding hydrogens is 252 g/mol. The average Bonchev–Trinajstić information content (AvgIpc) is 3.02. The zero-order valence-electron chi connectivity index (χ0n) is 12.2. The van der Waals surface area contributed by atoms with E-state index in [0.29, 0.717) is 5.54 Å². The SMILES string of the molecule is c1cc(CNCC2(N3CCCCC3)CCOCC2)[nH]n1. The van der Waals surface area contributed by atoms with Crippen LogP contribution >= 0.6 is 0 Å². The Morgan fingerprint density at radius 2 is 2.05 bits per heavy atom. The second-order valence-corrected chi connectivity index (χ2v) is 6.07. The van der Waals surface area contributed by atoms with E-state index in [9.17, 15) is 0 Å². The smallest absolute Gasteiger partial charge is 0.0490 e. The molecule has 2 aliphatic heterocycles. The van der Waals surface area contributed by atoms with E-state index in [4.69, 9.17) is 4.74 Å². The van der Waals surface area contributed by atoms with Crippen LogP contribution in [0.2, 0.25) is 0 Å². The molecule has 20 heavy (non-hydrogen) atoms. The summed E-state index contributed by atoms with van der Waals surface area (Å²) >= 11 is 0. The van der Waals surface area contributed by atoms with Crippen molar-refractivity contribution in [3.05, 3.63) is 18.0 Å². The number of hydrogen-bond donors (Lipinski definition) is 2. The van der Waals surface area contributed by atoms with E-state index >= 15 is 0 Å². The van der Waals surface area contributed by atoms with Gasteiger partial charge in [-0.3, -0.25) is 10.00 Å². The molecule has 112 valence electrons. The molecular formula is C15H26N4O. The van der Waals surface area contributed by atoms with Crippen molar-refractivity contribution in [1.82, 2.24) is 20.4 Å². The first-order chi connectivity index (χ1) is 9.89. The summed E-state index contributed by atoms with van der Waals surface area (Å²) in [4.78, 5) is 2.72. The molecule has 5 nitrogen and oxygen atoms in total. The number of nitrogens with zero attached hydrogens (tertiary/aromatic N) is 2. The van der Waals surface area contributed by atoms with Crippen molar-refractivity contribution in [2.75, 3.05) is 32.8 Å². The van der Waals surface area contributed by atoms with Crippen LogP contribution in [0.4, 0.5) is 0 Å². The molecule has 5 heteroatoms. The molecule has 0 atom stereocenters. The van der Waals surface area contributed by atoms with E-state index in [2.05, 4.69) is 20.4 Å². The number of likely N-dealkylation sites (tertiary alicyclic amines) is 1. The van der Waals surface area contributed by atoms with Gasteiger partial charge < -0.3 is 10.1 Å². The first-order valence-electron chi connectivity index (χ1n) is 7.91. The van der Waals surface area contributed by atoms with Crippen LogP contribution in [0, 0.1) is 0 Å². The highest BCUT2D eigenvalue weighted by atomic mass is 16.5. The zero-order chi connectivity index (χ0) is 13.7. The van der Waals surface area contributed by atoms with E-state index < -0.39 is 0 Å². The summed E-state index contributed by atoms with van der Waals surface area (Å²) in [7, 11) is 0. The second-order valence-electron chi connectivity index (χ2n) is 6.07. The normalized spacial score (nSPS) is 23.8. The maximum Gasteiger partial charge on any atom is 0.0490 e. The molecule has 0 amide bonds. The van der Waals surface area contributed by atoms with E-state index in [1.54, 1.807) is 0 Å². The monoisotopic (exact) mass is 278 g/mol. The lowest BCUT2D eigenvalue weighted by Gasteiger charge is -2.48. The van der Waals surface area contributed by atoms with Crippen LogP contribution in [0.25, 0.3) is 0 Å². The molecule has 1 aromatic rings. The summed E-state index contributed by atoms with van der Waals surface area (Å²) in [6.07, 6.45) is 8.22. The highest BCUT2D eigenvalue weighted by molar-refractivity contribution is 4.99. The molecule has 3 heterocycles. The number of rotatable bonds is 5. The minimum Gasteiger partial charge on any atom is -0.381 e. The zero-order valence-corrected chi connectivity index (χ0v) is 12.2. The van der Waals surface area contributed by atoms with Gasteiger partial charge in [0.15, 0.2) is 0 Å². The summed E-state index contributed by atoms with van der Waals surface area (Å²) in [6.45, 7) is 6.24. The third kappa shape index (κ3) is 3.22. The van der Waals surface area contributed by atoms with Gasteiger partial charge in [0.05, 0.1) is 0 Å². The molecule has 0 unspecified atom stereocenters. The van der Waals surface area contributed by atoms with Crippen LogP contribution in [0.3, 0.4) is 0 Å². The predicted octanol–water partition coefficient (Wildman–Crippen LogP) is 1.53. The lowest BCUT2D eigenvalue weighted by Crippen LogP contribution is -2.59. The fourth-order valence-corrected chi connectivity index (χ4v) is 3.54. The van der Waals surface area contributed by atoms with Gasteiger partial charge >= 0.3 is 0 Å². The van der Waals surface area contributed by atoms with Gasteiger partial charge in [0.25, 0.3) is 0 Å². The highest BCUT2D eigenvalue weighted by Gasteiger charge is 2.38. The summed E-state index contributed by atoms with van der Waals surface area (Å²) in [5, 5.41) is 10.6. The Morgan fingerprint density at radius 3 is 2.75 bits per heavy atom. The molecule has 0 aliphatic carbocycles. The second kappa shape index (κ2) is 6.70. The molecule has 0 spiro atoms. The lowest BCUT2D eigenvalue weighted by atomic mass is 9.86. The minimum absolute atomic E-state index is 0.304. The Hall–Kier alpha value is -0.910. The Bertz CT molecular complexity index is 381. The van der Waals surface area contributed by atoms with Crippen molar-refractivity contribution >= 4 is 0 Å².